The van der Waals surface area contributed by atoms with Crippen molar-refractivity contribution in [3.63, 3.8) is 0 Å². The van der Waals surface area contributed by atoms with Crippen LogP contribution in [-0.2, 0) is 9.59 Å². The van der Waals surface area contributed by atoms with Crippen LogP contribution < -0.4 is 5.32 Å². The molecule has 1 aliphatic heterocycles. The summed E-state index contributed by atoms with van der Waals surface area (Å²) >= 11 is 0. The maximum Gasteiger partial charge on any atom is 0.322 e. The van der Waals surface area contributed by atoms with Gasteiger partial charge in [-0.1, -0.05) is 18.2 Å². The molecule has 6 heteroatoms. The lowest BCUT2D eigenvalue weighted by molar-refractivity contribution is -0.120. The molecule has 2 aromatic rings. The predicted molar refractivity (Wildman–Crippen MR) is 83.5 cm³/mol. The number of hydrogen-bond donors (Lipinski definition) is 1. The zero-order chi connectivity index (χ0) is 15.7. The van der Waals surface area contributed by atoms with Gasteiger partial charge >= 0.3 is 6.03 Å². The molecule has 1 aromatic carbocycles. The summed E-state index contributed by atoms with van der Waals surface area (Å²) in [6.07, 6.45) is 3.83. The first-order valence-corrected chi connectivity index (χ1v) is 7.24. The molecule has 0 spiro atoms. The largest absolute Gasteiger partial charge is 0.322 e. The fourth-order valence-corrected chi connectivity index (χ4v) is 3.01. The number of carbonyl (C=O) groups excluding carboxylic acids is 3. The second-order valence-electron chi connectivity index (χ2n) is 5.46. The lowest BCUT2D eigenvalue weighted by atomic mass is 10.1. The summed E-state index contributed by atoms with van der Waals surface area (Å²) < 4.78 is 1.43. The highest BCUT2D eigenvalue weighted by atomic mass is 16.2. The van der Waals surface area contributed by atoms with E-state index in [4.69, 9.17) is 0 Å². The third kappa shape index (κ3) is 2.36. The van der Waals surface area contributed by atoms with Crippen LogP contribution in [0, 0.1) is 0 Å². The number of nitrogens with zero attached hydrogens (tertiary/aromatic N) is 2. The highest BCUT2D eigenvalue weighted by molar-refractivity contribution is 6.04. The van der Waals surface area contributed by atoms with Crippen LogP contribution in [0.4, 0.5) is 10.5 Å². The van der Waals surface area contributed by atoms with Gasteiger partial charge in [0, 0.05) is 18.1 Å². The number of urea groups is 1. The quantitative estimate of drug-likeness (QED) is 0.884. The molecule has 0 radical (unpaired) electrons. The van der Waals surface area contributed by atoms with Crippen LogP contribution in [0.5, 0.6) is 0 Å². The number of anilines is 1. The lowest BCUT2D eigenvalue weighted by Gasteiger charge is -2.22. The molecule has 1 saturated heterocycles. The van der Waals surface area contributed by atoms with Crippen molar-refractivity contribution in [1.29, 1.82) is 0 Å². The van der Waals surface area contributed by atoms with E-state index < -0.39 is 0 Å². The summed E-state index contributed by atoms with van der Waals surface area (Å²) in [4.78, 5) is 36.7. The first kappa shape index (κ1) is 14.3. The standard InChI is InChI=1S/C16H17N3O3/c1-11(21)14-7-4-8-19(14)16(22)17-13-9-18(10-20)15-6-3-2-5-12(13)15/h2-3,5-6,9-10,14H,4,7-8H2,1H3,(H,17,22)/t14-/m0/s1. The third-order valence-electron chi connectivity index (χ3n) is 4.08. The van der Waals surface area contributed by atoms with Gasteiger partial charge in [-0.2, -0.15) is 0 Å². The number of Topliss-reactive ketones (excluding diaryl/α,β-unsaturated/α-hetero) is 1. The van der Waals surface area contributed by atoms with E-state index in [1.54, 1.807) is 11.1 Å². The number of benzene rings is 1. The smallest absolute Gasteiger partial charge is 0.315 e. The summed E-state index contributed by atoms with van der Waals surface area (Å²) in [5.41, 5.74) is 1.30. The van der Waals surface area contributed by atoms with Gasteiger partial charge < -0.3 is 10.2 Å². The molecule has 1 aromatic heterocycles. The topological polar surface area (TPSA) is 71.4 Å². The van der Waals surface area contributed by atoms with Crippen molar-refractivity contribution in [3.05, 3.63) is 30.5 Å². The Morgan fingerprint density at radius 3 is 2.82 bits per heavy atom. The molecule has 2 heterocycles. The SMILES string of the molecule is CC(=O)[C@@H]1CCCN1C(=O)Nc1cn(C=O)c2ccccc12. The molecule has 6 nitrogen and oxygen atoms in total. The normalized spacial score (nSPS) is 17.7. The number of ketones is 1. The van der Waals surface area contributed by atoms with Crippen LogP contribution in [0.25, 0.3) is 10.9 Å². The molecule has 0 aliphatic carbocycles. The molecule has 1 atom stereocenters. The minimum absolute atomic E-state index is 0.00275. The summed E-state index contributed by atoms with van der Waals surface area (Å²) in [6, 6.07) is 6.69. The van der Waals surface area contributed by atoms with E-state index in [1.807, 2.05) is 24.3 Å². The fourth-order valence-electron chi connectivity index (χ4n) is 3.01. The van der Waals surface area contributed by atoms with Crippen molar-refractivity contribution < 1.29 is 14.4 Å². The number of rotatable bonds is 3. The summed E-state index contributed by atoms with van der Waals surface area (Å²) in [5.74, 6) is 0.00275. The molecule has 0 saturated carbocycles. The molecular weight excluding hydrogens is 282 g/mol. The molecular formula is C16H17N3O3. The first-order chi connectivity index (χ1) is 10.6. The highest BCUT2D eigenvalue weighted by Gasteiger charge is 2.32. The van der Waals surface area contributed by atoms with Crippen molar-refractivity contribution in [2.24, 2.45) is 0 Å². The lowest BCUT2D eigenvalue weighted by Crippen LogP contribution is -2.42. The Bertz CT molecular complexity index is 750. The molecule has 1 N–H and O–H groups in total. The van der Waals surface area contributed by atoms with Gasteiger partial charge in [-0.05, 0) is 25.8 Å². The number of fused-ring (bicyclic) bond motifs is 1. The van der Waals surface area contributed by atoms with Crippen LogP contribution in [0.1, 0.15) is 19.8 Å². The first-order valence-electron chi connectivity index (χ1n) is 7.24. The number of likely N-dealkylation sites (tertiary alicyclic amines) is 1. The van der Waals surface area contributed by atoms with Gasteiger partial charge in [-0.15, -0.1) is 0 Å². The van der Waals surface area contributed by atoms with Gasteiger partial charge in [-0.3, -0.25) is 14.2 Å². The van der Waals surface area contributed by atoms with Crippen molar-refractivity contribution in [2.45, 2.75) is 25.8 Å². The van der Waals surface area contributed by atoms with Crippen LogP contribution in [0.3, 0.4) is 0 Å². The van der Waals surface area contributed by atoms with Crippen molar-refractivity contribution in [2.75, 3.05) is 11.9 Å². The maximum atomic E-state index is 12.4. The highest BCUT2D eigenvalue weighted by Crippen LogP contribution is 2.26. The molecule has 1 fully saturated rings. The van der Waals surface area contributed by atoms with E-state index in [-0.39, 0.29) is 17.9 Å². The van der Waals surface area contributed by atoms with E-state index in [1.165, 1.54) is 11.5 Å². The number of carbonyl (C=O) groups is 3. The monoisotopic (exact) mass is 299 g/mol. The Morgan fingerprint density at radius 2 is 2.09 bits per heavy atom. The van der Waals surface area contributed by atoms with Gasteiger partial charge in [0.05, 0.1) is 17.2 Å². The number of para-hydroxylation sites is 1. The van der Waals surface area contributed by atoms with Crippen LogP contribution >= 0.6 is 0 Å². The minimum atomic E-state index is -0.348. The predicted octanol–water partition coefficient (Wildman–Crippen LogP) is 2.26. The Morgan fingerprint density at radius 1 is 1.32 bits per heavy atom. The van der Waals surface area contributed by atoms with E-state index in [2.05, 4.69) is 5.32 Å². The van der Waals surface area contributed by atoms with Crippen LogP contribution in [-0.4, -0.2) is 40.3 Å². The van der Waals surface area contributed by atoms with Crippen molar-refractivity contribution >= 4 is 34.8 Å². The van der Waals surface area contributed by atoms with E-state index in [0.29, 0.717) is 25.1 Å². The average Bonchev–Trinajstić information content (AvgIpc) is 3.12. The maximum absolute atomic E-state index is 12.4. The summed E-state index contributed by atoms with van der Waals surface area (Å²) in [6.45, 7) is 2.08. The number of aromatic nitrogens is 1. The molecule has 3 rings (SSSR count). The van der Waals surface area contributed by atoms with E-state index in [0.717, 1.165) is 17.3 Å². The van der Waals surface area contributed by atoms with Crippen molar-refractivity contribution in [3.8, 4) is 0 Å². The average molecular weight is 299 g/mol. The van der Waals surface area contributed by atoms with Gasteiger partial charge in [0.15, 0.2) is 5.78 Å². The molecule has 0 unspecified atom stereocenters. The number of hydrogen-bond acceptors (Lipinski definition) is 3. The second-order valence-corrected chi connectivity index (χ2v) is 5.46. The minimum Gasteiger partial charge on any atom is -0.315 e. The third-order valence-corrected chi connectivity index (χ3v) is 4.08. The van der Waals surface area contributed by atoms with Gasteiger partial charge in [-0.25, -0.2) is 4.79 Å². The van der Waals surface area contributed by atoms with Gasteiger partial charge in [0.2, 0.25) is 6.41 Å². The summed E-state index contributed by atoms with van der Waals surface area (Å²) in [5, 5.41) is 3.61. The zero-order valence-electron chi connectivity index (χ0n) is 12.3. The number of nitrogens with one attached hydrogen (secondary N) is 1. The number of amides is 2. The Hall–Kier alpha value is -2.63. The Labute approximate surface area is 127 Å². The van der Waals surface area contributed by atoms with E-state index in [9.17, 15) is 14.4 Å². The van der Waals surface area contributed by atoms with Crippen LogP contribution in [0.2, 0.25) is 0 Å². The van der Waals surface area contributed by atoms with Gasteiger partial charge in [0.1, 0.15) is 0 Å². The summed E-state index contributed by atoms with van der Waals surface area (Å²) in [7, 11) is 0. The zero-order valence-corrected chi connectivity index (χ0v) is 12.3. The fraction of sp³-hybridized carbons (Fsp3) is 0.312. The van der Waals surface area contributed by atoms with Gasteiger partial charge in [0.25, 0.3) is 0 Å². The molecule has 1 aliphatic rings. The molecule has 0 bridgehead atoms. The Kier molecular flexibility index (Phi) is 3.66. The van der Waals surface area contributed by atoms with Crippen molar-refractivity contribution in [1.82, 2.24) is 9.47 Å². The second kappa shape index (κ2) is 5.63. The Balaban J connectivity index is 1.88. The molecule has 22 heavy (non-hydrogen) atoms. The van der Waals surface area contributed by atoms with Crippen LogP contribution in [0.15, 0.2) is 30.5 Å². The molecule has 2 amide bonds. The molecule has 114 valence electrons. The van der Waals surface area contributed by atoms with E-state index >= 15 is 0 Å².